The zero-order valence-electron chi connectivity index (χ0n) is 17.1. The fourth-order valence-electron chi connectivity index (χ4n) is 3.26. The maximum atomic E-state index is 12.8. The van der Waals surface area contributed by atoms with Gasteiger partial charge in [0.1, 0.15) is 5.75 Å². The van der Waals surface area contributed by atoms with Gasteiger partial charge in [-0.15, -0.1) is 5.10 Å². The third-order valence-corrected chi connectivity index (χ3v) is 4.73. The maximum Gasteiger partial charge on any atom is 0.275 e. The van der Waals surface area contributed by atoms with E-state index in [0.717, 1.165) is 11.3 Å². The van der Waals surface area contributed by atoms with Crippen LogP contribution in [-0.2, 0) is 13.1 Å². The highest BCUT2D eigenvalue weighted by atomic mass is 16.5. The highest BCUT2D eigenvalue weighted by Crippen LogP contribution is 2.19. The van der Waals surface area contributed by atoms with Crippen molar-refractivity contribution in [2.24, 2.45) is 0 Å². The first-order valence-electron chi connectivity index (χ1n) is 9.58. The summed E-state index contributed by atoms with van der Waals surface area (Å²) in [5.74, 6) is 1.37. The molecule has 0 aliphatic rings. The second kappa shape index (κ2) is 8.70. The summed E-state index contributed by atoms with van der Waals surface area (Å²) in [7, 11) is 3.10. The molecule has 9 nitrogen and oxygen atoms in total. The number of nitrogens with one attached hydrogen (secondary N) is 2. The number of hydrogen-bond donors (Lipinski definition) is 2. The van der Waals surface area contributed by atoms with Crippen molar-refractivity contribution in [2.45, 2.75) is 13.1 Å². The molecular weight excluding hydrogens is 398 g/mol. The molecule has 0 atom stereocenters. The fourth-order valence-corrected chi connectivity index (χ4v) is 3.26. The summed E-state index contributed by atoms with van der Waals surface area (Å²) >= 11 is 0. The number of nitrogens with zero attached hydrogens (tertiary/aromatic N) is 3. The van der Waals surface area contributed by atoms with Crippen molar-refractivity contribution in [3.8, 4) is 11.6 Å². The normalized spacial score (nSPS) is 10.8. The number of ether oxygens (including phenoxy) is 2. The molecule has 4 aromatic rings. The Balaban J connectivity index is 1.61. The van der Waals surface area contributed by atoms with Crippen molar-refractivity contribution in [1.29, 1.82) is 0 Å². The van der Waals surface area contributed by atoms with Gasteiger partial charge in [0, 0.05) is 12.6 Å². The zero-order valence-corrected chi connectivity index (χ0v) is 17.1. The summed E-state index contributed by atoms with van der Waals surface area (Å²) in [5, 5.41) is 8.49. The first kappa shape index (κ1) is 20.1. The Hall–Kier alpha value is -4.14. The fraction of sp³-hybridized carbons (Fsp3) is 0.182. The van der Waals surface area contributed by atoms with Crippen molar-refractivity contribution in [1.82, 2.24) is 19.7 Å². The monoisotopic (exact) mass is 419 g/mol. The number of aromatic nitrogens is 4. The Morgan fingerprint density at radius 2 is 1.81 bits per heavy atom. The van der Waals surface area contributed by atoms with E-state index < -0.39 is 0 Å². The minimum absolute atomic E-state index is 0.0256. The van der Waals surface area contributed by atoms with Crippen molar-refractivity contribution in [3.05, 3.63) is 86.6 Å². The van der Waals surface area contributed by atoms with E-state index in [1.165, 1.54) is 17.9 Å². The van der Waals surface area contributed by atoms with Crippen LogP contribution < -0.4 is 25.9 Å². The molecule has 9 heteroatoms. The third-order valence-electron chi connectivity index (χ3n) is 4.73. The molecule has 31 heavy (non-hydrogen) atoms. The number of hydrogen-bond acceptors (Lipinski definition) is 7. The number of fused-ring (bicyclic) bond motifs is 1. The molecule has 158 valence electrons. The Morgan fingerprint density at radius 3 is 2.58 bits per heavy atom. The summed E-state index contributed by atoms with van der Waals surface area (Å²) < 4.78 is 11.8. The molecule has 0 radical (unpaired) electrons. The van der Waals surface area contributed by atoms with Crippen LogP contribution in [-0.4, -0.2) is 34.0 Å². The topological polar surface area (TPSA) is 111 Å². The maximum absolute atomic E-state index is 12.8. The van der Waals surface area contributed by atoms with Gasteiger partial charge in [0.25, 0.3) is 11.1 Å². The SMILES string of the molecule is COc1cccc(CNc2nc(Cn3nc(OC)c4ccccc4c3=O)cc(=O)[nH]2)c1. The van der Waals surface area contributed by atoms with E-state index >= 15 is 0 Å². The Labute approximate surface area is 177 Å². The van der Waals surface area contributed by atoms with Crippen LogP contribution >= 0.6 is 0 Å². The standard InChI is InChI=1S/C22H21N5O4/c1-30-16-7-5-6-14(10-16)12-23-22-24-15(11-19(28)25-22)13-27-21(29)18-9-4-3-8-17(18)20(26-27)31-2/h3-11H,12-13H2,1-2H3,(H2,23,24,25,28). The lowest BCUT2D eigenvalue weighted by Crippen LogP contribution is -2.26. The Morgan fingerprint density at radius 1 is 1.00 bits per heavy atom. The van der Waals surface area contributed by atoms with Gasteiger partial charge in [-0.25, -0.2) is 9.67 Å². The van der Waals surface area contributed by atoms with Crippen molar-refractivity contribution in [2.75, 3.05) is 19.5 Å². The molecular formula is C22H21N5O4. The third kappa shape index (κ3) is 4.40. The molecule has 2 N–H and O–H groups in total. The summed E-state index contributed by atoms with van der Waals surface area (Å²) in [6.07, 6.45) is 0. The van der Waals surface area contributed by atoms with Gasteiger partial charge in [-0.05, 0) is 29.8 Å². The Kier molecular flexibility index (Phi) is 5.65. The van der Waals surface area contributed by atoms with E-state index in [0.29, 0.717) is 34.8 Å². The van der Waals surface area contributed by atoms with Crippen LogP contribution in [0, 0.1) is 0 Å². The minimum atomic E-state index is -0.334. The molecule has 0 unspecified atom stereocenters. The predicted molar refractivity (Wildman–Crippen MR) is 117 cm³/mol. The molecule has 2 aromatic carbocycles. The molecule has 0 aliphatic heterocycles. The summed E-state index contributed by atoms with van der Waals surface area (Å²) in [4.78, 5) is 32.1. The number of benzene rings is 2. The van der Waals surface area contributed by atoms with Gasteiger partial charge in [-0.1, -0.05) is 24.3 Å². The number of methoxy groups -OCH3 is 2. The van der Waals surface area contributed by atoms with E-state index in [-0.39, 0.29) is 17.7 Å². The molecule has 2 aromatic heterocycles. The van der Waals surface area contributed by atoms with Crippen LogP contribution in [0.3, 0.4) is 0 Å². The average molecular weight is 419 g/mol. The van der Waals surface area contributed by atoms with Gasteiger partial charge in [-0.2, -0.15) is 0 Å². The average Bonchev–Trinajstić information content (AvgIpc) is 2.79. The van der Waals surface area contributed by atoms with Gasteiger partial charge >= 0.3 is 0 Å². The van der Waals surface area contributed by atoms with E-state index in [1.807, 2.05) is 30.3 Å². The van der Waals surface area contributed by atoms with Crippen molar-refractivity contribution >= 4 is 16.7 Å². The van der Waals surface area contributed by atoms with Crippen molar-refractivity contribution in [3.63, 3.8) is 0 Å². The highest BCUT2D eigenvalue weighted by molar-refractivity contribution is 5.85. The largest absolute Gasteiger partial charge is 0.497 e. The Bertz CT molecular complexity index is 1350. The molecule has 0 aliphatic carbocycles. The molecule has 0 amide bonds. The van der Waals surface area contributed by atoms with Crippen LogP contribution in [0.4, 0.5) is 5.95 Å². The number of aromatic amines is 1. The first-order chi connectivity index (χ1) is 15.1. The zero-order chi connectivity index (χ0) is 21.8. The van der Waals surface area contributed by atoms with E-state index in [9.17, 15) is 9.59 Å². The first-order valence-corrected chi connectivity index (χ1v) is 9.58. The van der Waals surface area contributed by atoms with Gasteiger partial charge < -0.3 is 14.8 Å². The van der Waals surface area contributed by atoms with Gasteiger partial charge in [-0.3, -0.25) is 14.6 Å². The summed E-state index contributed by atoms with van der Waals surface area (Å²) in [5.41, 5.74) is 0.733. The molecule has 0 saturated heterocycles. The molecule has 0 saturated carbocycles. The van der Waals surface area contributed by atoms with Crippen LogP contribution in [0.5, 0.6) is 11.6 Å². The van der Waals surface area contributed by atoms with Crippen LogP contribution in [0.15, 0.2) is 64.2 Å². The van der Waals surface area contributed by atoms with Gasteiger partial charge in [0.2, 0.25) is 11.8 Å². The lowest BCUT2D eigenvalue weighted by Gasteiger charge is -2.11. The smallest absolute Gasteiger partial charge is 0.275 e. The number of rotatable bonds is 7. The lowest BCUT2D eigenvalue weighted by atomic mass is 10.2. The van der Waals surface area contributed by atoms with Gasteiger partial charge in [0.15, 0.2) is 0 Å². The van der Waals surface area contributed by atoms with Crippen LogP contribution in [0.2, 0.25) is 0 Å². The number of H-pyrrole nitrogens is 1. The molecule has 0 bridgehead atoms. The summed E-state index contributed by atoms with van der Waals surface area (Å²) in [6.45, 7) is 0.462. The van der Waals surface area contributed by atoms with Crippen LogP contribution in [0.1, 0.15) is 11.3 Å². The quantitative estimate of drug-likeness (QED) is 0.472. The minimum Gasteiger partial charge on any atom is -0.497 e. The molecule has 2 heterocycles. The molecule has 0 spiro atoms. The predicted octanol–water partition coefficient (Wildman–Crippen LogP) is 2.16. The lowest BCUT2D eigenvalue weighted by molar-refractivity contribution is 0.385. The number of anilines is 1. The molecule has 4 rings (SSSR count). The highest BCUT2D eigenvalue weighted by Gasteiger charge is 2.12. The molecule has 0 fully saturated rings. The van der Waals surface area contributed by atoms with E-state index in [2.05, 4.69) is 20.4 Å². The van der Waals surface area contributed by atoms with Crippen LogP contribution in [0.25, 0.3) is 10.8 Å². The summed E-state index contributed by atoms with van der Waals surface area (Å²) in [6, 6.07) is 16.0. The van der Waals surface area contributed by atoms with E-state index in [1.54, 1.807) is 25.3 Å². The second-order valence-electron chi connectivity index (χ2n) is 6.81. The van der Waals surface area contributed by atoms with Crippen molar-refractivity contribution < 1.29 is 9.47 Å². The van der Waals surface area contributed by atoms with Gasteiger partial charge in [0.05, 0.1) is 37.2 Å². The van der Waals surface area contributed by atoms with E-state index in [4.69, 9.17) is 9.47 Å². The second-order valence-corrected chi connectivity index (χ2v) is 6.81.